The standard InChI is InChI=1S/C21H20N4O2/c1-13-4-5-17-14(9-13)10-16(21(26)24-17)20-19-18(22-12-23-19)6-7-25(20)11-15-3-2-8-27-15/h2-5,8-10,12,20H,6-7,11H2,1H3,(H,22,23)(H,24,26)/t20-/m1/s1. The Balaban J connectivity index is 1.66. The number of nitrogens with one attached hydrogen (secondary N) is 2. The van der Waals surface area contributed by atoms with Crippen LogP contribution in [0.2, 0.25) is 0 Å². The molecule has 5 rings (SSSR count). The van der Waals surface area contributed by atoms with Crippen molar-refractivity contribution in [3.8, 4) is 0 Å². The molecule has 1 aliphatic heterocycles. The normalized spacial score (nSPS) is 17.3. The molecule has 0 amide bonds. The zero-order valence-electron chi connectivity index (χ0n) is 15.0. The number of nitrogens with zero attached hydrogens (tertiary/aromatic N) is 2. The SMILES string of the molecule is Cc1ccc2[nH]c(=O)c([C@@H]3c4nc[nH]c4CCN3Cc3ccco3)cc2c1. The number of benzene rings is 1. The number of aromatic amines is 2. The average Bonchev–Trinajstić information content (AvgIpc) is 3.33. The van der Waals surface area contributed by atoms with Crippen molar-refractivity contribution >= 4 is 10.9 Å². The number of hydrogen-bond donors (Lipinski definition) is 2. The van der Waals surface area contributed by atoms with Gasteiger partial charge in [0.15, 0.2) is 0 Å². The number of H-pyrrole nitrogens is 2. The monoisotopic (exact) mass is 360 g/mol. The van der Waals surface area contributed by atoms with Gasteiger partial charge in [-0.2, -0.15) is 0 Å². The number of pyridine rings is 1. The van der Waals surface area contributed by atoms with Crippen molar-refractivity contribution in [3.63, 3.8) is 0 Å². The molecule has 0 bridgehead atoms. The molecular formula is C21H20N4O2. The van der Waals surface area contributed by atoms with Gasteiger partial charge in [-0.05, 0) is 42.6 Å². The summed E-state index contributed by atoms with van der Waals surface area (Å²) in [5, 5.41) is 1.03. The summed E-state index contributed by atoms with van der Waals surface area (Å²) in [7, 11) is 0. The molecule has 2 N–H and O–H groups in total. The Morgan fingerprint density at radius 3 is 3.07 bits per heavy atom. The van der Waals surface area contributed by atoms with E-state index in [9.17, 15) is 4.79 Å². The Morgan fingerprint density at radius 2 is 2.22 bits per heavy atom. The lowest BCUT2D eigenvalue weighted by molar-refractivity contribution is 0.184. The minimum Gasteiger partial charge on any atom is -0.468 e. The van der Waals surface area contributed by atoms with Crippen molar-refractivity contribution in [2.75, 3.05) is 6.54 Å². The van der Waals surface area contributed by atoms with Gasteiger partial charge in [-0.3, -0.25) is 9.69 Å². The zero-order valence-corrected chi connectivity index (χ0v) is 15.0. The van der Waals surface area contributed by atoms with E-state index < -0.39 is 0 Å². The molecule has 6 heteroatoms. The maximum atomic E-state index is 13.0. The number of fused-ring (bicyclic) bond motifs is 2. The fourth-order valence-corrected chi connectivity index (χ4v) is 3.99. The van der Waals surface area contributed by atoms with E-state index in [2.05, 4.69) is 32.8 Å². The molecule has 0 fully saturated rings. The summed E-state index contributed by atoms with van der Waals surface area (Å²) in [6.07, 6.45) is 4.27. The van der Waals surface area contributed by atoms with Crippen molar-refractivity contribution < 1.29 is 4.42 Å². The van der Waals surface area contributed by atoms with Gasteiger partial charge >= 0.3 is 0 Å². The maximum Gasteiger partial charge on any atom is 0.253 e. The van der Waals surface area contributed by atoms with Crippen LogP contribution < -0.4 is 5.56 Å². The molecule has 0 saturated carbocycles. The van der Waals surface area contributed by atoms with Crippen molar-refractivity contribution in [1.82, 2.24) is 19.9 Å². The Hall–Kier alpha value is -3.12. The van der Waals surface area contributed by atoms with Gasteiger partial charge in [0.05, 0.1) is 30.9 Å². The third-order valence-electron chi connectivity index (χ3n) is 5.29. The molecule has 0 aliphatic carbocycles. The van der Waals surface area contributed by atoms with E-state index in [1.54, 1.807) is 12.6 Å². The third kappa shape index (κ3) is 2.78. The maximum absolute atomic E-state index is 13.0. The molecule has 0 radical (unpaired) electrons. The predicted molar refractivity (Wildman–Crippen MR) is 103 cm³/mol. The first-order valence-corrected chi connectivity index (χ1v) is 9.11. The quantitative estimate of drug-likeness (QED) is 0.588. The summed E-state index contributed by atoms with van der Waals surface area (Å²) in [4.78, 5) is 26.0. The van der Waals surface area contributed by atoms with Crippen LogP contribution in [-0.4, -0.2) is 26.4 Å². The van der Waals surface area contributed by atoms with Crippen molar-refractivity contribution in [2.24, 2.45) is 0 Å². The van der Waals surface area contributed by atoms with Crippen LogP contribution in [0, 0.1) is 6.92 Å². The summed E-state index contributed by atoms with van der Waals surface area (Å²) in [5.41, 5.74) is 4.68. The highest BCUT2D eigenvalue weighted by Crippen LogP contribution is 2.33. The molecule has 1 aromatic carbocycles. The minimum absolute atomic E-state index is 0.0725. The predicted octanol–water partition coefficient (Wildman–Crippen LogP) is 3.30. The number of aromatic nitrogens is 3. The molecular weight excluding hydrogens is 340 g/mol. The van der Waals surface area contributed by atoms with Crippen LogP contribution in [0.25, 0.3) is 10.9 Å². The minimum atomic E-state index is -0.209. The van der Waals surface area contributed by atoms with E-state index in [-0.39, 0.29) is 11.6 Å². The molecule has 0 spiro atoms. The Labute approximate surface area is 155 Å². The van der Waals surface area contributed by atoms with Crippen LogP contribution in [0.5, 0.6) is 0 Å². The summed E-state index contributed by atoms with van der Waals surface area (Å²) in [5.74, 6) is 0.882. The first kappa shape index (κ1) is 16.1. The Kier molecular flexibility index (Phi) is 3.72. The van der Waals surface area contributed by atoms with Crippen LogP contribution in [0.4, 0.5) is 0 Å². The van der Waals surface area contributed by atoms with Gasteiger partial charge in [-0.1, -0.05) is 11.6 Å². The van der Waals surface area contributed by atoms with E-state index >= 15 is 0 Å². The highest BCUT2D eigenvalue weighted by atomic mass is 16.3. The molecule has 136 valence electrons. The van der Waals surface area contributed by atoms with E-state index in [1.807, 2.05) is 30.3 Å². The zero-order chi connectivity index (χ0) is 18.4. The van der Waals surface area contributed by atoms with E-state index in [1.165, 1.54) is 0 Å². The Bertz CT molecular complexity index is 1160. The van der Waals surface area contributed by atoms with E-state index in [0.717, 1.165) is 46.6 Å². The van der Waals surface area contributed by atoms with Gasteiger partial charge in [0.2, 0.25) is 0 Å². The summed E-state index contributed by atoms with van der Waals surface area (Å²) >= 11 is 0. The third-order valence-corrected chi connectivity index (χ3v) is 5.29. The van der Waals surface area contributed by atoms with Crippen LogP contribution in [0.1, 0.15) is 34.3 Å². The highest BCUT2D eigenvalue weighted by Gasteiger charge is 2.33. The number of imidazole rings is 1. The smallest absolute Gasteiger partial charge is 0.253 e. The largest absolute Gasteiger partial charge is 0.468 e. The first-order valence-electron chi connectivity index (χ1n) is 9.11. The van der Waals surface area contributed by atoms with Crippen molar-refractivity contribution in [3.05, 3.63) is 87.6 Å². The van der Waals surface area contributed by atoms with Gasteiger partial charge < -0.3 is 14.4 Å². The molecule has 4 heterocycles. The fraction of sp³-hybridized carbons (Fsp3) is 0.238. The van der Waals surface area contributed by atoms with Gasteiger partial charge in [0, 0.05) is 29.7 Å². The molecule has 27 heavy (non-hydrogen) atoms. The van der Waals surface area contributed by atoms with Crippen LogP contribution >= 0.6 is 0 Å². The first-order chi connectivity index (χ1) is 13.2. The second kappa shape index (κ2) is 6.25. The fourth-order valence-electron chi connectivity index (χ4n) is 3.99. The molecule has 6 nitrogen and oxygen atoms in total. The van der Waals surface area contributed by atoms with Crippen molar-refractivity contribution in [1.29, 1.82) is 0 Å². The molecule has 4 aromatic rings. The molecule has 1 aliphatic rings. The number of rotatable bonds is 3. The second-order valence-electron chi connectivity index (χ2n) is 7.11. The summed E-state index contributed by atoms with van der Waals surface area (Å²) < 4.78 is 5.55. The molecule has 1 atom stereocenters. The van der Waals surface area contributed by atoms with Crippen LogP contribution in [-0.2, 0) is 13.0 Å². The summed E-state index contributed by atoms with van der Waals surface area (Å²) in [6.45, 7) is 3.51. The molecule has 3 aromatic heterocycles. The molecule has 0 unspecified atom stereocenters. The lowest BCUT2D eigenvalue weighted by Gasteiger charge is -2.34. The van der Waals surface area contributed by atoms with Crippen LogP contribution in [0.3, 0.4) is 0 Å². The van der Waals surface area contributed by atoms with E-state index in [4.69, 9.17) is 4.42 Å². The van der Waals surface area contributed by atoms with Gasteiger partial charge in [0.25, 0.3) is 5.56 Å². The number of hydrogen-bond acceptors (Lipinski definition) is 4. The van der Waals surface area contributed by atoms with Crippen LogP contribution in [0.15, 0.2) is 58.2 Å². The highest BCUT2D eigenvalue weighted by molar-refractivity contribution is 5.79. The lowest BCUT2D eigenvalue weighted by atomic mass is 9.95. The van der Waals surface area contributed by atoms with Gasteiger partial charge in [0.1, 0.15) is 5.76 Å². The molecule has 0 saturated heterocycles. The summed E-state index contributed by atoms with van der Waals surface area (Å²) in [6, 6.07) is 11.7. The number of furan rings is 1. The lowest BCUT2D eigenvalue weighted by Crippen LogP contribution is -2.38. The van der Waals surface area contributed by atoms with Gasteiger partial charge in [-0.15, -0.1) is 0 Å². The van der Waals surface area contributed by atoms with Crippen molar-refractivity contribution in [2.45, 2.75) is 25.9 Å². The van der Waals surface area contributed by atoms with E-state index in [0.29, 0.717) is 12.1 Å². The topological polar surface area (TPSA) is 77.9 Å². The average molecular weight is 360 g/mol. The second-order valence-corrected chi connectivity index (χ2v) is 7.11. The number of aryl methyl sites for hydroxylation is 1. The Morgan fingerprint density at radius 1 is 1.30 bits per heavy atom. The van der Waals surface area contributed by atoms with Gasteiger partial charge in [-0.25, -0.2) is 4.98 Å².